The van der Waals surface area contributed by atoms with Crippen molar-refractivity contribution in [3.8, 4) is 0 Å². The minimum absolute atomic E-state index is 0.0248. The number of benzene rings is 2. The highest BCUT2D eigenvalue weighted by molar-refractivity contribution is 6.36. The van der Waals surface area contributed by atoms with Crippen LogP contribution in [0.5, 0.6) is 0 Å². The zero-order chi connectivity index (χ0) is 25.5. The molecule has 0 aromatic heterocycles. The molecule has 1 N–H and O–H groups in total. The molecular weight excluding hydrogens is 493 g/mol. The number of dihydropyridines is 1. The molecule has 0 amide bonds. The molecule has 184 valence electrons. The maximum atomic E-state index is 13.2. The first-order chi connectivity index (χ1) is 16.8. The van der Waals surface area contributed by atoms with E-state index in [1.807, 2.05) is 30.3 Å². The van der Waals surface area contributed by atoms with Crippen LogP contribution in [-0.2, 0) is 35.0 Å². The SMILES string of the molecule is COC(=O)CC1=C(C(=O)OC)C(c2c(Cl)cccc2Cl)C(C(=O)OC)=C(CCc2ccccc2)N1. The third kappa shape index (κ3) is 5.86. The molecule has 1 heterocycles. The molecule has 9 heteroatoms. The van der Waals surface area contributed by atoms with Crippen LogP contribution in [0, 0.1) is 0 Å². The van der Waals surface area contributed by atoms with Crippen molar-refractivity contribution in [3.63, 3.8) is 0 Å². The summed E-state index contributed by atoms with van der Waals surface area (Å²) in [6.07, 6.45) is 0.695. The van der Waals surface area contributed by atoms with E-state index < -0.39 is 23.8 Å². The smallest absolute Gasteiger partial charge is 0.336 e. The summed E-state index contributed by atoms with van der Waals surface area (Å²) in [7, 11) is 3.71. The van der Waals surface area contributed by atoms with E-state index in [0.717, 1.165) is 5.56 Å². The van der Waals surface area contributed by atoms with Gasteiger partial charge in [0.1, 0.15) is 0 Å². The molecule has 1 aliphatic rings. The van der Waals surface area contributed by atoms with Gasteiger partial charge in [-0.25, -0.2) is 9.59 Å². The molecule has 0 spiro atoms. The number of ether oxygens (including phenoxy) is 3. The van der Waals surface area contributed by atoms with E-state index in [4.69, 9.17) is 37.4 Å². The zero-order valence-corrected chi connectivity index (χ0v) is 21.0. The molecule has 2 aromatic rings. The average Bonchev–Trinajstić information content (AvgIpc) is 2.86. The topological polar surface area (TPSA) is 90.9 Å². The number of esters is 3. The number of halogens is 2. The Kier molecular flexibility index (Phi) is 8.95. The molecule has 1 aliphatic heterocycles. The molecular formula is C26H25Cl2NO6. The fraction of sp³-hybridized carbons (Fsp3) is 0.269. The molecule has 0 fully saturated rings. The maximum absolute atomic E-state index is 13.2. The normalized spacial score (nSPS) is 15.4. The van der Waals surface area contributed by atoms with Gasteiger partial charge in [0.25, 0.3) is 0 Å². The second-order valence-electron chi connectivity index (χ2n) is 7.70. The Morgan fingerprint density at radius 1 is 0.771 bits per heavy atom. The van der Waals surface area contributed by atoms with Gasteiger partial charge in [-0.05, 0) is 30.5 Å². The lowest BCUT2D eigenvalue weighted by molar-refractivity contribution is -0.139. The van der Waals surface area contributed by atoms with Crippen molar-refractivity contribution in [1.29, 1.82) is 0 Å². The number of carbonyl (C=O) groups excluding carboxylic acids is 3. The lowest BCUT2D eigenvalue weighted by Crippen LogP contribution is -2.35. The van der Waals surface area contributed by atoms with E-state index in [0.29, 0.717) is 24.1 Å². The first-order valence-electron chi connectivity index (χ1n) is 10.8. The zero-order valence-electron chi connectivity index (χ0n) is 19.5. The lowest BCUT2D eigenvalue weighted by Gasteiger charge is -2.33. The van der Waals surface area contributed by atoms with Crippen molar-refractivity contribution in [3.05, 3.63) is 92.2 Å². The molecule has 0 radical (unpaired) electrons. The first-order valence-corrected chi connectivity index (χ1v) is 11.5. The van der Waals surface area contributed by atoms with E-state index >= 15 is 0 Å². The maximum Gasteiger partial charge on any atom is 0.336 e. The van der Waals surface area contributed by atoms with Gasteiger partial charge < -0.3 is 19.5 Å². The molecule has 0 saturated heterocycles. The van der Waals surface area contributed by atoms with Crippen molar-refractivity contribution in [2.75, 3.05) is 21.3 Å². The van der Waals surface area contributed by atoms with Crippen LogP contribution in [0.4, 0.5) is 0 Å². The third-order valence-electron chi connectivity index (χ3n) is 5.68. The summed E-state index contributed by atoms with van der Waals surface area (Å²) in [6.45, 7) is 0. The summed E-state index contributed by atoms with van der Waals surface area (Å²) >= 11 is 13.1. The fourth-order valence-corrected chi connectivity index (χ4v) is 4.67. The Labute approximate surface area is 213 Å². The van der Waals surface area contributed by atoms with Crippen LogP contribution in [0.1, 0.15) is 29.9 Å². The van der Waals surface area contributed by atoms with Crippen LogP contribution in [0.3, 0.4) is 0 Å². The van der Waals surface area contributed by atoms with Crippen molar-refractivity contribution < 1.29 is 28.6 Å². The van der Waals surface area contributed by atoms with Crippen LogP contribution >= 0.6 is 23.2 Å². The summed E-state index contributed by atoms with van der Waals surface area (Å²) in [5.41, 5.74) is 2.27. The van der Waals surface area contributed by atoms with Crippen molar-refractivity contribution >= 4 is 41.1 Å². The Bertz CT molecular complexity index is 1170. The monoisotopic (exact) mass is 517 g/mol. The summed E-state index contributed by atoms with van der Waals surface area (Å²) in [5.74, 6) is -3.04. The molecule has 3 rings (SSSR count). The van der Waals surface area contributed by atoms with E-state index in [1.165, 1.54) is 21.3 Å². The number of methoxy groups -OCH3 is 3. The van der Waals surface area contributed by atoms with Gasteiger partial charge in [-0.15, -0.1) is 0 Å². The molecule has 0 saturated carbocycles. The molecule has 35 heavy (non-hydrogen) atoms. The predicted molar refractivity (Wildman–Crippen MR) is 132 cm³/mol. The third-order valence-corrected chi connectivity index (χ3v) is 6.34. The number of nitrogens with one attached hydrogen (secondary N) is 1. The van der Waals surface area contributed by atoms with Crippen LogP contribution in [0.2, 0.25) is 10.0 Å². The van der Waals surface area contributed by atoms with Gasteiger partial charge in [-0.2, -0.15) is 0 Å². The molecule has 2 aromatic carbocycles. The highest BCUT2D eigenvalue weighted by Gasteiger charge is 2.41. The number of hydrogen-bond donors (Lipinski definition) is 1. The van der Waals surface area contributed by atoms with E-state index in [2.05, 4.69) is 5.32 Å². The molecule has 0 aliphatic carbocycles. The minimum atomic E-state index is -1.04. The van der Waals surface area contributed by atoms with Gasteiger partial charge in [-0.1, -0.05) is 59.6 Å². The summed E-state index contributed by atoms with van der Waals surface area (Å²) in [5, 5.41) is 3.61. The molecule has 1 unspecified atom stereocenters. The Morgan fingerprint density at radius 2 is 1.34 bits per heavy atom. The quantitative estimate of drug-likeness (QED) is 0.399. The average molecular weight is 518 g/mol. The van der Waals surface area contributed by atoms with Gasteiger partial charge in [0.05, 0.1) is 44.8 Å². The van der Waals surface area contributed by atoms with E-state index in [-0.39, 0.29) is 33.3 Å². The van der Waals surface area contributed by atoms with Gasteiger partial charge in [0.15, 0.2) is 0 Å². The van der Waals surface area contributed by atoms with Crippen molar-refractivity contribution in [2.24, 2.45) is 0 Å². The van der Waals surface area contributed by atoms with Crippen LogP contribution in [-0.4, -0.2) is 39.2 Å². The van der Waals surface area contributed by atoms with E-state index in [1.54, 1.807) is 18.2 Å². The Hall–Kier alpha value is -3.29. The summed E-state index contributed by atoms with van der Waals surface area (Å²) in [4.78, 5) is 38.5. The lowest BCUT2D eigenvalue weighted by atomic mass is 9.78. The molecule has 1 atom stereocenters. The molecule has 0 bridgehead atoms. The Balaban J connectivity index is 2.27. The largest absolute Gasteiger partial charge is 0.469 e. The standard InChI is InChI=1S/C26H25Cl2NO6/c1-33-20(30)14-19-23(26(32)35-3)24(21-16(27)10-7-11-17(21)28)22(25(31)34-2)18(29-19)13-12-15-8-5-4-6-9-15/h4-11,24,29H,12-14H2,1-3H3. The second kappa shape index (κ2) is 11.9. The Morgan fingerprint density at radius 3 is 1.89 bits per heavy atom. The van der Waals surface area contributed by atoms with Crippen LogP contribution in [0.25, 0.3) is 0 Å². The number of aryl methyl sites for hydroxylation is 1. The summed E-state index contributed by atoms with van der Waals surface area (Å²) in [6, 6.07) is 14.6. The van der Waals surface area contributed by atoms with Crippen LogP contribution in [0.15, 0.2) is 71.1 Å². The van der Waals surface area contributed by atoms with E-state index in [9.17, 15) is 14.4 Å². The van der Waals surface area contributed by atoms with Crippen molar-refractivity contribution in [2.45, 2.75) is 25.2 Å². The van der Waals surface area contributed by atoms with Crippen molar-refractivity contribution in [1.82, 2.24) is 5.32 Å². The minimum Gasteiger partial charge on any atom is -0.469 e. The summed E-state index contributed by atoms with van der Waals surface area (Å²) < 4.78 is 15.0. The number of allylic oxidation sites excluding steroid dienone is 1. The molecule has 7 nitrogen and oxygen atoms in total. The predicted octanol–water partition coefficient (Wildman–Crippen LogP) is 4.73. The second-order valence-corrected chi connectivity index (χ2v) is 8.51. The van der Waals surface area contributed by atoms with Crippen LogP contribution < -0.4 is 5.32 Å². The highest BCUT2D eigenvalue weighted by Crippen LogP contribution is 2.45. The van der Waals surface area contributed by atoms with Gasteiger partial charge in [0.2, 0.25) is 0 Å². The number of hydrogen-bond acceptors (Lipinski definition) is 7. The van der Waals surface area contributed by atoms with Gasteiger partial charge in [0, 0.05) is 27.0 Å². The van der Waals surface area contributed by atoms with Gasteiger partial charge >= 0.3 is 17.9 Å². The fourth-order valence-electron chi connectivity index (χ4n) is 4.05. The van der Waals surface area contributed by atoms with Gasteiger partial charge in [-0.3, -0.25) is 4.79 Å². The highest BCUT2D eigenvalue weighted by atomic mass is 35.5. The first kappa shape index (κ1) is 26.3. The number of rotatable bonds is 8. The number of carbonyl (C=O) groups is 3.